The van der Waals surface area contributed by atoms with E-state index in [4.69, 9.17) is 0 Å². The van der Waals surface area contributed by atoms with Gasteiger partial charge in [0.25, 0.3) is 0 Å². The predicted molar refractivity (Wildman–Crippen MR) is 64.4 cm³/mol. The van der Waals surface area contributed by atoms with Crippen LogP contribution in [0.15, 0.2) is 18.3 Å². The first-order chi connectivity index (χ1) is 7.84. The largest absolute Gasteiger partial charge is 0.314 e. The van der Waals surface area contributed by atoms with E-state index >= 15 is 0 Å². The van der Waals surface area contributed by atoms with E-state index in [9.17, 15) is 0 Å². The van der Waals surface area contributed by atoms with E-state index in [0.29, 0.717) is 6.04 Å². The van der Waals surface area contributed by atoms with Crippen molar-refractivity contribution in [2.45, 2.75) is 13.0 Å². The molecule has 1 fully saturated rings. The van der Waals surface area contributed by atoms with Gasteiger partial charge in [-0.05, 0) is 30.2 Å². The number of nitrogens with zero attached hydrogens (tertiary/aromatic N) is 1. The topological polar surface area (TPSA) is 52.7 Å². The van der Waals surface area contributed by atoms with Crippen LogP contribution in [0.4, 0.5) is 0 Å². The van der Waals surface area contributed by atoms with E-state index in [2.05, 4.69) is 39.9 Å². The van der Waals surface area contributed by atoms with Gasteiger partial charge in [-0.1, -0.05) is 0 Å². The molecule has 3 N–H and O–H groups in total. The third-order valence-electron chi connectivity index (χ3n) is 3.24. The fourth-order valence-electron chi connectivity index (χ4n) is 2.37. The van der Waals surface area contributed by atoms with Crippen LogP contribution in [-0.2, 0) is 0 Å². The molecule has 1 aliphatic rings. The Morgan fingerprint density at radius 3 is 3.06 bits per heavy atom. The first-order valence-corrected chi connectivity index (χ1v) is 5.72. The molecule has 1 aromatic carbocycles. The molecule has 0 spiro atoms. The van der Waals surface area contributed by atoms with Gasteiger partial charge in [0.1, 0.15) is 0 Å². The summed E-state index contributed by atoms with van der Waals surface area (Å²) in [5.41, 5.74) is 3.81. The summed E-state index contributed by atoms with van der Waals surface area (Å²) in [6, 6.07) is 4.83. The molecule has 1 atom stereocenters. The number of aromatic amines is 1. The molecule has 16 heavy (non-hydrogen) atoms. The average Bonchev–Trinajstić information content (AvgIpc) is 2.76. The molecule has 0 unspecified atom stereocenters. The van der Waals surface area contributed by atoms with Crippen LogP contribution in [0.3, 0.4) is 0 Å². The Hall–Kier alpha value is -1.39. The number of nitrogens with one attached hydrogen (secondary N) is 3. The number of rotatable bonds is 1. The van der Waals surface area contributed by atoms with Gasteiger partial charge in [-0.15, -0.1) is 0 Å². The zero-order chi connectivity index (χ0) is 11.0. The lowest BCUT2D eigenvalue weighted by Gasteiger charge is -2.26. The number of hydrogen-bond donors (Lipinski definition) is 3. The summed E-state index contributed by atoms with van der Waals surface area (Å²) in [4.78, 5) is 0. The van der Waals surface area contributed by atoms with Crippen molar-refractivity contribution in [3.8, 4) is 0 Å². The molecule has 2 heterocycles. The van der Waals surface area contributed by atoms with Crippen LogP contribution >= 0.6 is 0 Å². The zero-order valence-corrected chi connectivity index (χ0v) is 9.38. The molecular formula is C12H16N4. The second-order valence-corrected chi connectivity index (χ2v) is 4.38. The van der Waals surface area contributed by atoms with Crippen molar-refractivity contribution in [1.29, 1.82) is 0 Å². The first-order valence-electron chi connectivity index (χ1n) is 5.72. The van der Waals surface area contributed by atoms with Gasteiger partial charge in [-0.25, -0.2) is 0 Å². The molecule has 0 amide bonds. The quantitative estimate of drug-likeness (QED) is 0.669. The minimum Gasteiger partial charge on any atom is -0.314 e. The van der Waals surface area contributed by atoms with Crippen molar-refractivity contribution in [2.75, 3.05) is 19.6 Å². The highest BCUT2D eigenvalue weighted by Gasteiger charge is 2.16. The minimum absolute atomic E-state index is 0.424. The van der Waals surface area contributed by atoms with Crippen molar-refractivity contribution in [3.63, 3.8) is 0 Å². The first kappa shape index (κ1) is 9.81. The molecule has 0 radical (unpaired) electrons. The maximum absolute atomic E-state index is 4.07. The van der Waals surface area contributed by atoms with Gasteiger partial charge < -0.3 is 10.6 Å². The van der Waals surface area contributed by atoms with Gasteiger partial charge in [0.15, 0.2) is 0 Å². The summed E-state index contributed by atoms with van der Waals surface area (Å²) in [5.74, 6) is 0. The maximum atomic E-state index is 4.07. The van der Waals surface area contributed by atoms with Crippen molar-refractivity contribution < 1.29 is 0 Å². The molecule has 2 aromatic rings. The number of H-pyrrole nitrogens is 1. The number of fused-ring (bicyclic) bond motifs is 1. The van der Waals surface area contributed by atoms with Crippen LogP contribution < -0.4 is 10.6 Å². The summed E-state index contributed by atoms with van der Waals surface area (Å²) in [5, 5.41) is 15.2. The average molecular weight is 216 g/mol. The Morgan fingerprint density at radius 1 is 1.31 bits per heavy atom. The van der Waals surface area contributed by atoms with Crippen LogP contribution in [-0.4, -0.2) is 29.8 Å². The van der Waals surface area contributed by atoms with E-state index in [1.807, 2.05) is 6.20 Å². The Bertz CT molecular complexity index is 497. The third-order valence-corrected chi connectivity index (χ3v) is 3.24. The summed E-state index contributed by atoms with van der Waals surface area (Å²) < 4.78 is 0. The van der Waals surface area contributed by atoms with Gasteiger partial charge in [0, 0.05) is 31.1 Å². The smallest absolute Gasteiger partial charge is 0.0653 e. The second-order valence-electron chi connectivity index (χ2n) is 4.38. The molecule has 3 rings (SSSR count). The summed E-state index contributed by atoms with van der Waals surface area (Å²) in [7, 11) is 0. The van der Waals surface area contributed by atoms with Crippen molar-refractivity contribution in [2.24, 2.45) is 0 Å². The van der Waals surface area contributed by atoms with Crippen LogP contribution in [0.5, 0.6) is 0 Å². The molecule has 1 saturated heterocycles. The Labute approximate surface area is 94.4 Å². The Kier molecular flexibility index (Phi) is 2.38. The van der Waals surface area contributed by atoms with E-state index in [0.717, 1.165) is 25.2 Å². The SMILES string of the molecule is Cc1cc2[nH]ncc2cc1[C@H]1CNCCN1. The van der Waals surface area contributed by atoms with E-state index in [1.165, 1.54) is 16.5 Å². The zero-order valence-electron chi connectivity index (χ0n) is 9.38. The van der Waals surface area contributed by atoms with E-state index in [-0.39, 0.29) is 0 Å². The molecule has 1 aliphatic heterocycles. The van der Waals surface area contributed by atoms with Gasteiger partial charge in [-0.3, -0.25) is 5.10 Å². The van der Waals surface area contributed by atoms with Gasteiger partial charge in [0.2, 0.25) is 0 Å². The van der Waals surface area contributed by atoms with Gasteiger partial charge >= 0.3 is 0 Å². The van der Waals surface area contributed by atoms with Crippen LogP contribution in [0.1, 0.15) is 17.2 Å². The third kappa shape index (κ3) is 1.60. The summed E-state index contributed by atoms with van der Waals surface area (Å²) in [6.07, 6.45) is 1.88. The van der Waals surface area contributed by atoms with Crippen molar-refractivity contribution in [1.82, 2.24) is 20.8 Å². The predicted octanol–water partition coefficient (Wildman–Crippen LogP) is 1.11. The monoisotopic (exact) mass is 216 g/mol. The highest BCUT2D eigenvalue weighted by atomic mass is 15.1. The molecule has 0 saturated carbocycles. The van der Waals surface area contributed by atoms with Crippen molar-refractivity contribution >= 4 is 10.9 Å². The number of piperazine rings is 1. The molecule has 4 nitrogen and oxygen atoms in total. The highest BCUT2D eigenvalue weighted by Crippen LogP contribution is 2.23. The molecule has 84 valence electrons. The Morgan fingerprint density at radius 2 is 2.25 bits per heavy atom. The minimum atomic E-state index is 0.424. The van der Waals surface area contributed by atoms with Crippen LogP contribution in [0, 0.1) is 6.92 Å². The standard InChI is InChI=1S/C12H16N4/c1-8-4-11-9(6-15-16-11)5-10(8)12-7-13-2-3-14-12/h4-6,12-14H,2-3,7H2,1H3,(H,15,16)/t12-/m1/s1. The van der Waals surface area contributed by atoms with Crippen LogP contribution in [0.25, 0.3) is 10.9 Å². The molecular weight excluding hydrogens is 200 g/mol. The summed E-state index contributed by atoms with van der Waals surface area (Å²) >= 11 is 0. The number of hydrogen-bond acceptors (Lipinski definition) is 3. The van der Waals surface area contributed by atoms with Crippen molar-refractivity contribution in [3.05, 3.63) is 29.5 Å². The number of aryl methyl sites for hydroxylation is 1. The molecule has 0 bridgehead atoms. The Balaban J connectivity index is 2.03. The van der Waals surface area contributed by atoms with E-state index in [1.54, 1.807) is 0 Å². The number of aromatic nitrogens is 2. The molecule has 4 heteroatoms. The molecule has 1 aromatic heterocycles. The number of benzene rings is 1. The van der Waals surface area contributed by atoms with Crippen LogP contribution in [0.2, 0.25) is 0 Å². The fraction of sp³-hybridized carbons (Fsp3) is 0.417. The lowest BCUT2D eigenvalue weighted by molar-refractivity contribution is 0.429. The van der Waals surface area contributed by atoms with Gasteiger partial charge in [0.05, 0.1) is 11.7 Å². The lowest BCUT2D eigenvalue weighted by atomic mass is 9.98. The highest BCUT2D eigenvalue weighted by molar-refractivity contribution is 5.79. The van der Waals surface area contributed by atoms with E-state index < -0.39 is 0 Å². The summed E-state index contributed by atoms with van der Waals surface area (Å²) in [6.45, 7) is 5.26. The lowest BCUT2D eigenvalue weighted by Crippen LogP contribution is -2.42. The fourth-order valence-corrected chi connectivity index (χ4v) is 2.37. The maximum Gasteiger partial charge on any atom is 0.0653 e. The second kappa shape index (κ2) is 3.88. The molecule has 0 aliphatic carbocycles. The van der Waals surface area contributed by atoms with Gasteiger partial charge in [-0.2, -0.15) is 5.10 Å². The normalized spacial score (nSPS) is 21.4.